The highest BCUT2D eigenvalue weighted by atomic mass is 16.5. The van der Waals surface area contributed by atoms with Crippen LogP contribution < -0.4 is 14.4 Å². The van der Waals surface area contributed by atoms with E-state index >= 15 is 0 Å². The molecule has 23 heavy (non-hydrogen) atoms. The van der Waals surface area contributed by atoms with E-state index in [-0.39, 0.29) is 23.4 Å². The molecule has 7 nitrogen and oxygen atoms in total. The third-order valence-corrected chi connectivity index (χ3v) is 3.80. The Balaban J connectivity index is 2.69. The molecule has 1 aliphatic rings. The normalized spacial score (nSPS) is 18.0. The van der Waals surface area contributed by atoms with Crippen LogP contribution in [0.1, 0.15) is 37.0 Å². The maximum absolute atomic E-state index is 12.6. The number of carboxylic acid groups (broad SMARTS) is 1. The Bertz CT molecular complexity index is 642. The second-order valence-corrected chi connectivity index (χ2v) is 5.17. The van der Waals surface area contributed by atoms with E-state index in [2.05, 4.69) is 0 Å². The molecule has 0 saturated heterocycles. The Kier molecular flexibility index (Phi) is 4.88. The van der Waals surface area contributed by atoms with Gasteiger partial charge in [-0.3, -0.25) is 14.5 Å². The Morgan fingerprint density at radius 1 is 1.48 bits per heavy atom. The smallest absolute Gasteiger partial charge is 0.326 e. The van der Waals surface area contributed by atoms with Crippen molar-refractivity contribution in [2.45, 2.75) is 38.8 Å². The van der Waals surface area contributed by atoms with Crippen LogP contribution in [0.3, 0.4) is 0 Å². The molecule has 2 atom stereocenters. The van der Waals surface area contributed by atoms with Gasteiger partial charge in [0.15, 0.2) is 17.6 Å². The van der Waals surface area contributed by atoms with Crippen molar-refractivity contribution in [2.24, 2.45) is 0 Å². The molecule has 0 radical (unpaired) electrons. The molecule has 0 fully saturated rings. The van der Waals surface area contributed by atoms with Crippen molar-refractivity contribution in [3.05, 3.63) is 17.7 Å². The van der Waals surface area contributed by atoms with E-state index in [0.717, 1.165) is 0 Å². The predicted octanol–water partition coefficient (Wildman–Crippen LogP) is 1.87. The van der Waals surface area contributed by atoms with Crippen LogP contribution in [-0.2, 0) is 9.59 Å². The number of fused-ring (bicyclic) bond motifs is 1. The van der Waals surface area contributed by atoms with Gasteiger partial charge in [-0.25, -0.2) is 4.79 Å². The lowest BCUT2D eigenvalue weighted by Crippen LogP contribution is -2.53. The molecular weight excluding hydrogens is 302 g/mol. The van der Waals surface area contributed by atoms with Gasteiger partial charge in [-0.15, -0.1) is 0 Å². The summed E-state index contributed by atoms with van der Waals surface area (Å²) in [5.74, 6) is -0.969. The third-order valence-electron chi connectivity index (χ3n) is 3.80. The molecule has 1 aromatic carbocycles. The van der Waals surface area contributed by atoms with Gasteiger partial charge in [-0.05, 0) is 25.0 Å². The van der Waals surface area contributed by atoms with E-state index in [1.54, 1.807) is 13.8 Å². The number of hydrogen-bond acceptors (Lipinski definition) is 5. The van der Waals surface area contributed by atoms with Gasteiger partial charge in [0.05, 0.1) is 12.8 Å². The van der Waals surface area contributed by atoms with Crippen LogP contribution in [0.15, 0.2) is 12.1 Å². The minimum Gasteiger partial charge on any atom is -0.493 e. The van der Waals surface area contributed by atoms with E-state index in [1.165, 1.54) is 24.1 Å². The van der Waals surface area contributed by atoms with Crippen LogP contribution in [0.2, 0.25) is 0 Å². The van der Waals surface area contributed by atoms with Crippen molar-refractivity contribution in [3.8, 4) is 11.5 Å². The topological polar surface area (TPSA) is 93.1 Å². The van der Waals surface area contributed by atoms with E-state index in [9.17, 15) is 19.5 Å². The average Bonchev–Trinajstić information content (AvgIpc) is 2.55. The molecule has 1 N–H and O–H groups in total. The number of nitrogens with zero attached hydrogens (tertiary/aromatic N) is 1. The first-order valence-corrected chi connectivity index (χ1v) is 7.38. The van der Waals surface area contributed by atoms with Gasteiger partial charge in [0.25, 0.3) is 5.91 Å². The quantitative estimate of drug-likeness (QED) is 0.804. The van der Waals surface area contributed by atoms with Crippen LogP contribution in [0.4, 0.5) is 5.69 Å². The largest absolute Gasteiger partial charge is 0.493 e. The summed E-state index contributed by atoms with van der Waals surface area (Å²) in [4.78, 5) is 36.5. The molecule has 1 aromatic rings. The van der Waals surface area contributed by atoms with Crippen LogP contribution in [0.5, 0.6) is 11.5 Å². The Morgan fingerprint density at radius 3 is 2.65 bits per heavy atom. The molecule has 1 aliphatic heterocycles. The number of ether oxygens (including phenoxy) is 2. The highest BCUT2D eigenvalue weighted by Gasteiger charge is 2.41. The second-order valence-electron chi connectivity index (χ2n) is 5.17. The number of aldehydes is 1. The molecule has 0 aliphatic carbocycles. The zero-order chi connectivity index (χ0) is 17.1. The van der Waals surface area contributed by atoms with E-state index < -0.39 is 24.0 Å². The van der Waals surface area contributed by atoms with Crippen molar-refractivity contribution in [3.63, 3.8) is 0 Å². The maximum Gasteiger partial charge on any atom is 0.326 e. The Morgan fingerprint density at radius 2 is 2.17 bits per heavy atom. The highest BCUT2D eigenvalue weighted by Crippen LogP contribution is 2.44. The van der Waals surface area contributed by atoms with Crippen molar-refractivity contribution in [2.75, 3.05) is 12.0 Å². The number of rotatable bonds is 6. The number of hydrogen-bond donors (Lipinski definition) is 1. The summed E-state index contributed by atoms with van der Waals surface area (Å²) in [5, 5.41) is 9.45. The fraction of sp³-hybridized carbons (Fsp3) is 0.438. The molecule has 1 heterocycles. The van der Waals surface area contributed by atoms with Crippen LogP contribution >= 0.6 is 0 Å². The zero-order valence-corrected chi connectivity index (χ0v) is 13.2. The minimum absolute atomic E-state index is 0.227. The fourth-order valence-electron chi connectivity index (χ4n) is 2.64. The summed E-state index contributed by atoms with van der Waals surface area (Å²) < 4.78 is 10.9. The first kappa shape index (κ1) is 16.8. The fourth-order valence-corrected chi connectivity index (χ4v) is 2.64. The van der Waals surface area contributed by atoms with Gasteiger partial charge in [-0.2, -0.15) is 0 Å². The van der Waals surface area contributed by atoms with Gasteiger partial charge in [0.1, 0.15) is 12.3 Å². The molecular formula is C16H19NO6. The number of benzene rings is 1. The lowest BCUT2D eigenvalue weighted by atomic mass is 10.0. The van der Waals surface area contributed by atoms with E-state index in [0.29, 0.717) is 18.5 Å². The van der Waals surface area contributed by atoms with Crippen molar-refractivity contribution in [1.82, 2.24) is 0 Å². The first-order valence-electron chi connectivity index (χ1n) is 7.38. The SMILES string of the molecule is CCC1Oc2c(OC)cc(C=O)cc2N(C(CC)C(=O)O)C1=O. The van der Waals surface area contributed by atoms with Gasteiger partial charge in [0.2, 0.25) is 0 Å². The molecule has 0 saturated carbocycles. The summed E-state index contributed by atoms with van der Waals surface area (Å²) >= 11 is 0. The number of amides is 1. The van der Waals surface area contributed by atoms with Crippen molar-refractivity contribution >= 4 is 23.9 Å². The molecule has 2 rings (SSSR count). The standard InChI is InChI=1S/C16H19NO6/c1-4-10(16(20)21)17-11-6-9(8-18)7-13(22-3)14(11)23-12(5-2)15(17)19/h6-8,10,12H,4-5H2,1-3H3,(H,20,21). The van der Waals surface area contributed by atoms with Gasteiger partial charge in [-0.1, -0.05) is 13.8 Å². The predicted molar refractivity (Wildman–Crippen MR) is 82.3 cm³/mol. The second kappa shape index (κ2) is 6.68. The van der Waals surface area contributed by atoms with E-state index in [4.69, 9.17) is 9.47 Å². The molecule has 1 amide bonds. The number of carboxylic acids is 1. The molecule has 0 spiro atoms. The Hall–Kier alpha value is -2.57. The lowest BCUT2D eigenvalue weighted by molar-refractivity contribution is -0.141. The number of carbonyl (C=O) groups excluding carboxylic acids is 2. The molecule has 0 aromatic heterocycles. The summed E-state index contributed by atoms with van der Waals surface area (Å²) in [6.07, 6.45) is 0.444. The number of methoxy groups -OCH3 is 1. The zero-order valence-electron chi connectivity index (χ0n) is 13.2. The summed E-state index contributed by atoms with van der Waals surface area (Å²) in [6, 6.07) is 1.90. The molecule has 124 valence electrons. The minimum atomic E-state index is -1.11. The lowest BCUT2D eigenvalue weighted by Gasteiger charge is -2.37. The average molecular weight is 321 g/mol. The van der Waals surface area contributed by atoms with E-state index in [1.807, 2.05) is 0 Å². The monoisotopic (exact) mass is 321 g/mol. The van der Waals surface area contributed by atoms with Gasteiger partial charge < -0.3 is 14.6 Å². The van der Waals surface area contributed by atoms with Gasteiger partial charge in [0, 0.05) is 5.56 Å². The van der Waals surface area contributed by atoms with Gasteiger partial charge >= 0.3 is 5.97 Å². The molecule has 2 unspecified atom stereocenters. The Labute approximate surface area is 133 Å². The summed E-state index contributed by atoms with van der Waals surface area (Å²) in [6.45, 7) is 3.46. The number of carbonyl (C=O) groups is 3. The number of aliphatic carboxylic acids is 1. The highest BCUT2D eigenvalue weighted by molar-refractivity contribution is 6.05. The van der Waals surface area contributed by atoms with Crippen molar-refractivity contribution < 1.29 is 29.0 Å². The van der Waals surface area contributed by atoms with Crippen LogP contribution in [0, 0.1) is 0 Å². The number of anilines is 1. The summed E-state index contributed by atoms with van der Waals surface area (Å²) in [7, 11) is 1.42. The first-order chi connectivity index (χ1) is 11.0. The third kappa shape index (κ3) is 2.86. The maximum atomic E-state index is 12.6. The van der Waals surface area contributed by atoms with Crippen LogP contribution in [-0.4, -0.2) is 42.5 Å². The van der Waals surface area contributed by atoms with Crippen LogP contribution in [0.25, 0.3) is 0 Å². The summed E-state index contributed by atoms with van der Waals surface area (Å²) in [5.41, 5.74) is 0.521. The molecule has 7 heteroatoms. The molecule has 0 bridgehead atoms. The van der Waals surface area contributed by atoms with Crippen molar-refractivity contribution in [1.29, 1.82) is 0 Å².